The summed E-state index contributed by atoms with van der Waals surface area (Å²) in [6.45, 7) is 1.00. The highest BCUT2D eigenvalue weighted by Gasteiger charge is 2.26. The predicted octanol–water partition coefficient (Wildman–Crippen LogP) is 7.09. The van der Waals surface area contributed by atoms with Gasteiger partial charge in [0.25, 0.3) is 5.69 Å². The first-order valence-electron chi connectivity index (χ1n) is 12.4. The Balaban J connectivity index is 1.57. The third-order valence-electron chi connectivity index (χ3n) is 6.68. The molecule has 5 rings (SSSR count). The van der Waals surface area contributed by atoms with Gasteiger partial charge in [0.1, 0.15) is 0 Å². The maximum Gasteiger partial charge on any atom is 0.270 e. The molecule has 6 nitrogen and oxygen atoms in total. The van der Waals surface area contributed by atoms with E-state index in [1.54, 1.807) is 18.2 Å². The molecule has 38 heavy (non-hydrogen) atoms. The van der Waals surface area contributed by atoms with Crippen LogP contribution >= 0.6 is 11.6 Å². The summed E-state index contributed by atoms with van der Waals surface area (Å²) in [5.41, 5.74) is 4.59. The number of hydrogen-bond acceptors (Lipinski definition) is 3. The number of nitrogens with zero attached hydrogens (tertiary/aromatic N) is 2. The number of non-ortho nitro benzene ring substituents is 1. The van der Waals surface area contributed by atoms with Crippen LogP contribution in [-0.2, 0) is 17.9 Å². The van der Waals surface area contributed by atoms with Crippen LogP contribution in [0, 0.1) is 10.1 Å². The van der Waals surface area contributed by atoms with Gasteiger partial charge in [-0.05, 0) is 34.4 Å². The van der Waals surface area contributed by atoms with E-state index in [0.717, 1.165) is 33.2 Å². The Bertz CT molecular complexity index is 1580. The number of nitro benzene ring substituents is 1. The summed E-state index contributed by atoms with van der Waals surface area (Å²) >= 11 is 6.65. The Kier molecular flexibility index (Phi) is 7.52. The van der Waals surface area contributed by atoms with Crippen molar-refractivity contribution in [1.29, 1.82) is 0 Å². The Hall–Kier alpha value is -4.42. The van der Waals surface area contributed by atoms with Crippen LogP contribution in [0.25, 0.3) is 10.9 Å². The zero-order valence-electron chi connectivity index (χ0n) is 20.6. The van der Waals surface area contributed by atoms with Gasteiger partial charge in [0.15, 0.2) is 0 Å². The zero-order chi connectivity index (χ0) is 26.5. The summed E-state index contributed by atoms with van der Waals surface area (Å²) in [4.78, 5) is 24.5. The number of amides is 1. The molecule has 0 aliphatic heterocycles. The highest BCUT2D eigenvalue weighted by atomic mass is 35.5. The average Bonchev–Trinajstić information content (AvgIpc) is 3.29. The van der Waals surface area contributed by atoms with Gasteiger partial charge in [-0.2, -0.15) is 0 Å². The fourth-order valence-corrected chi connectivity index (χ4v) is 5.08. The third-order valence-corrected chi connectivity index (χ3v) is 7.02. The standard InChI is InChI=1S/C31H26ClN3O3/c32-29-14-8-7-13-25(29)26(18-31(36)33-19-22-9-3-1-4-10-22)28-21-34(20-23-11-5-2-6-12-23)30-16-15-24(35(37)38)17-27(28)30/h1-17,21,26H,18-20H2,(H,33,36). The van der Waals surface area contributed by atoms with Crippen molar-refractivity contribution in [3.63, 3.8) is 0 Å². The van der Waals surface area contributed by atoms with E-state index < -0.39 is 10.8 Å². The largest absolute Gasteiger partial charge is 0.352 e. The Labute approximate surface area is 225 Å². The average molecular weight is 524 g/mol. The molecule has 0 saturated heterocycles. The first-order valence-corrected chi connectivity index (χ1v) is 12.7. The van der Waals surface area contributed by atoms with Crippen LogP contribution in [0.1, 0.15) is 34.6 Å². The molecule has 1 atom stereocenters. The van der Waals surface area contributed by atoms with E-state index in [-0.39, 0.29) is 18.0 Å². The molecule has 1 unspecified atom stereocenters. The lowest BCUT2D eigenvalue weighted by atomic mass is 9.87. The summed E-state index contributed by atoms with van der Waals surface area (Å²) in [5, 5.41) is 16.0. The normalized spacial score (nSPS) is 11.8. The second-order valence-corrected chi connectivity index (χ2v) is 9.60. The molecule has 0 fully saturated rings. The molecule has 0 spiro atoms. The SMILES string of the molecule is O=C(CC(c1ccccc1Cl)c1cn(Cc2ccccc2)c2ccc([N+](=O)[O-])cc12)NCc1ccccc1. The van der Waals surface area contributed by atoms with Crippen LogP contribution in [0.15, 0.2) is 109 Å². The molecule has 0 aliphatic carbocycles. The maximum atomic E-state index is 13.2. The highest BCUT2D eigenvalue weighted by Crippen LogP contribution is 2.39. The topological polar surface area (TPSA) is 77.2 Å². The number of carbonyl (C=O) groups excluding carboxylic acids is 1. The van der Waals surface area contributed by atoms with Crippen molar-refractivity contribution >= 4 is 34.1 Å². The van der Waals surface area contributed by atoms with Crippen molar-refractivity contribution in [2.45, 2.75) is 25.4 Å². The second-order valence-electron chi connectivity index (χ2n) is 9.20. The van der Waals surface area contributed by atoms with Gasteiger partial charge in [-0.3, -0.25) is 14.9 Å². The number of rotatable bonds is 9. The van der Waals surface area contributed by atoms with E-state index in [4.69, 9.17) is 11.6 Å². The van der Waals surface area contributed by atoms with E-state index in [1.807, 2.05) is 85.1 Å². The predicted molar refractivity (Wildman–Crippen MR) is 150 cm³/mol. The molecule has 0 saturated carbocycles. The number of nitrogens with one attached hydrogen (secondary N) is 1. The number of fused-ring (bicyclic) bond motifs is 1. The summed E-state index contributed by atoms with van der Waals surface area (Å²) in [5.74, 6) is -0.533. The number of nitro groups is 1. The summed E-state index contributed by atoms with van der Waals surface area (Å²) in [6.07, 6.45) is 2.14. The molecule has 1 aromatic heterocycles. The number of benzene rings is 4. The zero-order valence-corrected chi connectivity index (χ0v) is 21.3. The van der Waals surface area contributed by atoms with Crippen LogP contribution < -0.4 is 5.32 Å². The number of carbonyl (C=O) groups is 1. The number of hydrogen-bond donors (Lipinski definition) is 1. The first kappa shape index (κ1) is 25.2. The van der Waals surface area contributed by atoms with E-state index in [1.165, 1.54) is 6.07 Å². The van der Waals surface area contributed by atoms with Gasteiger partial charge in [-0.25, -0.2) is 0 Å². The van der Waals surface area contributed by atoms with Crippen LogP contribution in [0.3, 0.4) is 0 Å². The fourth-order valence-electron chi connectivity index (χ4n) is 4.81. The minimum Gasteiger partial charge on any atom is -0.352 e. The van der Waals surface area contributed by atoms with Crippen molar-refractivity contribution in [2.24, 2.45) is 0 Å². The van der Waals surface area contributed by atoms with E-state index >= 15 is 0 Å². The number of aromatic nitrogens is 1. The van der Waals surface area contributed by atoms with Gasteiger partial charge in [0.05, 0.1) is 4.92 Å². The smallest absolute Gasteiger partial charge is 0.270 e. The Morgan fingerprint density at radius 1 is 0.868 bits per heavy atom. The van der Waals surface area contributed by atoms with Gasteiger partial charge >= 0.3 is 0 Å². The molecule has 0 radical (unpaired) electrons. The minimum atomic E-state index is -0.402. The monoisotopic (exact) mass is 523 g/mol. The van der Waals surface area contributed by atoms with Crippen molar-refractivity contribution < 1.29 is 9.72 Å². The second kappa shape index (κ2) is 11.3. The Morgan fingerprint density at radius 3 is 2.21 bits per heavy atom. The molecule has 1 heterocycles. The lowest BCUT2D eigenvalue weighted by molar-refractivity contribution is -0.384. The van der Waals surface area contributed by atoms with E-state index in [2.05, 4.69) is 9.88 Å². The lowest BCUT2D eigenvalue weighted by Crippen LogP contribution is -2.25. The molecule has 7 heteroatoms. The van der Waals surface area contributed by atoms with Gasteiger partial charge in [0, 0.05) is 59.7 Å². The molecule has 1 amide bonds. The van der Waals surface area contributed by atoms with Gasteiger partial charge in [0.2, 0.25) is 5.91 Å². The minimum absolute atomic E-state index is 0.00245. The molecule has 5 aromatic rings. The quantitative estimate of drug-likeness (QED) is 0.165. The molecular weight excluding hydrogens is 498 g/mol. The molecule has 0 bridgehead atoms. The molecule has 0 aliphatic rings. The first-order chi connectivity index (χ1) is 18.5. The molecule has 4 aromatic carbocycles. The molecular formula is C31H26ClN3O3. The number of halogens is 1. The molecule has 190 valence electrons. The maximum absolute atomic E-state index is 13.2. The van der Waals surface area contributed by atoms with Crippen LogP contribution in [0.4, 0.5) is 5.69 Å². The summed E-state index contributed by atoms with van der Waals surface area (Å²) in [6, 6.07) is 32.1. The van der Waals surface area contributed by atoms with Crippen molar-refractivity contribution in [2.75, 3.05) is 0 Å². The molecule has 1 N–H and O–H groups in total. The van der Waals surface area contributed by atoms with Gasteiger partial charge < -0.3 is 9.88 Å². The van der Waals surface area contributed by atoms with Crippen LogP contribution in [0.5, 0.6) is 0 Å². The summed E-state index contributed by atoms with van der Waals surface area (Å²) in [7, 11) is 0. The van der Waals surface area contributed by atoms with Crippen LogP contribution in [-0.4, -0.2) is 15.4 Å². The highest BCUT2D eigenvalue weighted by molar-refractivity contribution is 6.31. The van der Waals surface area contributed by atoms with Crippen molar-refractivity contribution in [3.8, 4) is 0 Å². The summed E-state index contributed by atoms with van der Waals surface area (Å²) < 4.78 is 2.08. The van der Waals surface area contributed by atoms with E-state index in [9.17, 15) is 14.9 Å². The van der Waals surface area contributed by atoms with E-state index in [0.29, 0.717) is 18.1 Å². The van der Waals surface area contributed by atoms with Crippen molar-refractivity contribution in [3.05, 3.63) is 147 Å². The fraction of sp³-hybridized carbons (Fsp3) is 0.129. The van der Waals surface area contributed by atoms with Gasteiger partial charge in [-0.1, -0.05) is 90.5 Å². The van der Waals surface area contributed by atoms with Gasteiger partial charge in [-0.15, -0.1) is 0 Å². The van der Waals surface area contributed by atoms with Crippen LogP contribution in [0.2, 0.25) is 5.02 Å². The Morgan fingerprint density at radius 2 is 1.53 bits per heavy atom. The third kappa shape index (κ3) is 5.61. The van der Waals surface area contributed by atoms with Crippen molar-refractivity contribution in [1.82, 2.24) is 9.88 Å². The lowest BCUT2D eigenvalue weighted by Gasteiger charge is -2.18.